The predicted molar refractivity (Wildman–Crippen MR) is 37.7 cm³/mol. The molecule has 0 spiro atoms. The first-order valence-corrected chi connectivity index (χ1v) is 3.62. The molecule has 3 rings (SSSR count). The molecule has 2 bridgehead atoms. The Morgan fingerprint density at radius 1 is 1.55 bits per heavy atom. The standard InChI is InChI=1S/C8H7NO2/c1-2-10-8-4-7-3-6(5-11-7)9(1)8/h1-2,4-5,7H,3H2. The zero-order valence-electron chi connectivity index (χ0n) is 5.86. The van der Waals surface area contributed by atoms with Crippen LogP contribution in [0.25, 0.3) is 0 Å². The van der Waals surface area contributed by atoms with Gasteiger partial charge in [-0.1, -0.05) is 0 Å². The lowest BCUT2D eigenvalue weighted by Crippen LogP contribution is -2.19. The first kappa shape index (κ1) is 5.29. The third kappa shape index (κ3) is 0.576. The Morgan fingerprint density at radius 3 is 3.55 bits per heavy atom. The number of ether oxygens (including phenoxy) is 2. The Hall–Kier alpha value is -1.38. The first-order valence-electron chi connectivity index (χ1n) is 3.62. The summed E-state index contributed by atoms with van der Waals surface area (Å²) in [5.74, 6) is 0.880. The van der Waals surface area contributed by atoms with Gasteiger partial charge >= 0.3 is 0 Å². The van der Waals surface area contributed by atoms with Crippen LogP contribution < -0.4 is 0 Å². The summed E-state index contributed by atoms with van der Waals surface area (Å²) in [5, 5.41) is 0. The van der Waals surface area contributed by atoms with Crippen LogP contribution in [-0.4, -0.2) is 11.0 Å². The summed E-state index contributed by atoms with van der Waals surface area (Å²) in [4.78, 5) is 2.00. The minimum atomic E-state index is 0.205. The van der Waals surface area contributed by atoms with E-state index in [0.717, 1.165) is 12.3 Å². The van der Waals surface area contributed by atoms with E-state index in [1.54, 1.807) is 12.5 Å². The van der Waals surface area contributed by atoms with Gasteiger partial charge in [-0.05, 0) is 0 Å². The zero-order valence-corrected chi connectivity index (χ0v) is 5.86. The van der Waals surface area contributed by atoms with Crippen molar-refractivity contribution in [3.8, 4) is 0 Å². The van der Waals surface area contributed by atoms with Crippen LogP contribution in [0.5, 0.6) is 0 Å². The fourth-order valence-corrected chi connectivity index (χ4v) is 1.53. The van der Waals surface area contributed by atoms with Gasteiger partial charge in [-0.25, -0.2) is 0 Å². The molecule has 3 aliphatic rings. The normalized spacial score (nSPS) is 30.5. The molecule has 0 aromatic carbocycles. The summed E-state index contributed by atoms with van der Waals surface area (Å²) in [6.45, 7) is 0. The summed E-state index contributed by atoms with van der Waals surface area (Å²) in [7, 11) is 0. The first-order chi connectivity index (χ1) is 5.43. The molecule has 3 heterocycles. The highest BCUT2D eigenvalue weighted by atomic mass is 16.5. The number of nitrogens with zero attached hydrogens (tertiary/aromatic N) is 1. The van der Waals surface area contributed by atoms with Crippen molar-refractivity contribution in [3.63, 3.8) is 0 Å². The smallest absolute Gasteiger partial charge is 0.203 e. The highest BCUT2D eigenvalue weighted by Crippen LogP contribution is 2.34. The lowest BCUT2D eigenvalue weighted by atomic mass is 10.1. The second-order valence-electron chi connectivity index (χ2n) is 2.77. The van der Waals surface area contributed by atoms with Crippen molar-refractivity contribution in [1.82, 2.24) is 4.90 Å². The van der Waals surface area contributed by atoms with Crippen molar-refractivity contribution in [2.24, 2.45) is 0 Å². The van der Waals surface area contributed by atoms with Crippen molar-refractivity contribution in [1.29, 1.82) is 0 Å². The van der Waals surface area contributed by atoms with Crippen molar-refractivity contribution < 1.29 is 9.47 Å². The van der Waals surface area contributed by atoms with Gasteiger partial charge in [0.2, 0.25) is 5.88 Å². The average molecular weight is 149 g/mol. The van der Waals surface area contributed by atoms with Crippen LogP contribution in [0, 0.1) is 0 Å². The van der Waals surface area contributed by atoms with E-state index in [2.05, 4.69) is 0 Å². The molecule has 11 heavy (non-hydrogen) atoms. The van der Waals surface area contributed by atoms with Gasteiger partial charge in [0.25, 0.3) is 0 Å². The summed E-state index contributed by atoms with van der Waals surface area (Å²) < 4.78 is 10.5. The fourth-order valence-electron chi connectivity index (χ4n) is 1.53. The lowest BCUT2D eigenvalue weighted by Gasteiger charge is -2.20. The van der Waals surface area contributed by atoms with E-state index in [-0.39, 0.29) is 6.10 Å². The van der Waals surface area contributed by atoms with Gasteiger partial charge in [0.1, 0.15) is 18.6 Å². The Bertz CT molecular complexity index is 290. The van der Waals surface area contributed by atoms with E-state index in [4.69, 9.17) is 9.47 Å². The third-order valence-corrected chi connectivity index (χ3v) is 2.06. The van der Waals surface area contributed by atoms with Crippen LogP contribution >= 0.6 is 0 Å². The molecule has 3 aliphatic heterocycles. The zero-order chi connectivity index (χ0) is 7.26. The Kier molecular flexibility index (Phi) is 0.776. The highest BCUT2D eigenvalue weighted by molar-refractivity contribution is 5.26. The van der Waals surface area contributed by atoms with Crippen LogP contribution in [0.4, 0.5) is 0 Å². The fraction of sp³-hybridized carbons (Fsp3) is 0.250. The van der Waals surface area contributed by atoms with Gasteiger partial charge in [0.15, 0.2) is 0 Å². The molecule has 0 aromatic heterocycles. The van der Waals surface area contributed by atoms with Gasteiger partial charge in [-0.15, -0.1) is 0 Å². The van der Waals surface area contributed by atoms with E-state index in [0.29, 0.717) is 0 Å². The maximum Gasteiger partial charge on any atom is 0.203 e. The van der Waals surface area contributed by atoms with Crippen molar-refractivity contribution in [2.75, 3.05) is 0 Å². The Labute approximate surface area is 64.2 Å². The molecule has 0 amide bonds. The predicted octanol–water partition coefficient (Wildman–Crippen LogP) is 1.28. The van der Waals surface area contributed by atoms with Crippen LogP contribution in [0.3, 0.4) is 0 Å². The topological polar surface area (TPSA) is 21.7 Å². The molecule has 56 valence electrons. The van der Waals surface area contributed by atoms with Gasteiger partial charge in [0, 0.05) is 18.7 Å². The number of fused-ring (bicyclic) bond motifs is 4. The van der Waals surface area contributed by atoms with Gasteiger partial charge in [-0.2, -0.15) is 0 Å². The van der Waals surface area contributed by atoms with Crippen molar-refractivity contribution in [2.45, 2.75) is 12.5 Å². The summed E-state index contributed by atoms with van der Waals surface area (Å²) in [6, 6.07) is 0. The quantitative estimate of drug-likeness (QED) is 0.517. The van der Waals surface area contributed by atoms with E-state index < -0.39 is 0 Å². The third-order valence-electron chi connectivity index (χ3n) is 2.06. The SMILES string of the molecule is C1=CN2C3=COC(C=C2O1)C3. The molecule has 0 aromatic rings. The summed E-state index contributed by atoms with van der Waals surface area (Å²) >= 11 is 0. The number of rotatable bonds is 0. The van der Waals surface area contributed by atoms with Crippen LogP contribution in [-0.2, 0) is 9.47 Å². The molecule has 3 nitrogen and oxygen atoms in total. The molecular weight excluding hydrogens is 142 g/mol. The number of hydrogen-bond acceptors (Lipinski definition) is 3. The molecule has 0 saturated carbocycles. The van der Waals surface area contributed by atoms with Crippen LogP contribution in [0.2, 0.25) is 0 Å². The monoisotopic (exact) mass is 149 g/mol. The maximum atomic E-state index is 5.32. The largest absolute Gasteiger partial charge is 0.492 e. The molecular formula is C8H7NO2. The average Bonchev–Trinajstić information content (AvgIpc) is 2.58. The van der Waals surface area contributed by atoms with E-state index in [9.17, 15) is 0 Å². The molecule has 0 N–H and O–H groups in total. The molecule has 1 atom stereocenters. The van der Waals surface area contributed by atoms with Crippen LogP contribution in [0.1, 0.15) is 6.42 Å². The van der Waals surface area contributed by atoms with Gasteiger partial charge in [0.05, 0.1) is 5.70 Å². The molecule has 0 radical (unpaired) electrons. The van der Waals surface area contributed by atoms with E-state index in [1.165, 1.54) is 5.70 Å². The minimum Gasteiger partial charge on any atom is -0.492 e. The lowest BCUT2D eigenvalue weighted by molar-refractivity contribution is 0.197. The number of hydrogen-bond donors (Lipinski definition) is 0. The van der Waals surface area contributed by atoms with E-state index >= 15 is 0 Å². The Morgan fingerprint density at radius 2 is 2.55 bits per heavy atom. The molecule has 0 aliphatic carbocycles. The van der Waals surface area contributed by atoms with E-state index in [1.807, 2.05) is 17.2 Å². The molecule has 1 unspecified atom stereocenters. The van der Waals surface area contributed by atoms with Gasteiger partial charge in [-0.3, -0.25) is 4.90 Å². The Balaban J connectivity index is 2.11. The molecule has 3 heteroatoms. The molecule has 0 saturated heterocycles. The van der Waals surface area contributed by atoms with Crippen molar-refractivity contribution in [3.05, 3.63) is 36.4 Å². The maximum absolute atomic E-state index is 5.32. The van der Waals surface area contributed by atoms with Crippen LogP contribution in [0.15, 0.2) is 36.4 Å². The molecule has 0 fully saturated rings. The minimum absolute atomic E-state index is 0.205. The van der Waals surface area contributed by atoms with Crippen molar-refractivity contribution >= 4 is 0 Å². The highest BCUT2D eigenvalue weighted by Gasteiger charge is 2.31. The summed E-state index contributed by atoms with van der Waals surface area (Å²) in [6.07, 6.45) is 8.56. The van der Waals surface area contributed by atoms with Gasteiger partial charge < -0.3 is 9.47 Å². The second-order valence-corrected chi connectivity index (χ2v) is 2.77. The second kappa shape index (κ2) is 1.61. The summed E-state index contributed by atoms with van der Waals surface area (Å²) in [5.41, 5.74) is 1.18.